The fraction of sp³-hybridized carbons (Fsp3) is 0.267. The van der Waals surface area contributed by atoms with Gasteiger partial charge in [-0.05, 0) is 16.7 Å². The van der Waals surface area contributed by atoms with Crippen molar-refractivity contribution in [3.8, 4) is 0 Å². The summed E-state index contributed by atoms with van der Waals surface area (Å²) in [6, 6.07) is 30.3. The Morgan fingerprint density at radius 2 is 1.18 bits per heavy atom. The SMILES string of the molecule is C=CCN[C@H](COCc1ccccc1)[C@@H](OCc1ccccc1)[C@@H](C=C)OCc1ccccc1. The van der Waals surface area contributed by atoms with E-state index in [0.717, 1.165) is 16.7 Å². The summed E-state index contributed by atoms with van der Waals surface area (Å²) in [5.74, 6) is 0. The maximum absolute atomic E-state index is 6.46. The zero-order valence-electron chi connectivity index (χ0n) is 19.7. The van der Waals surface area contributed by atoms with Crippen LogP contribution in [0.3, 0.4) is 0 Å². The van der Waals surface area contributed by atoms with E-state index in [0.29, 0.717) is 33.0 Å². The van der Waals surface area contributed by atoms with E-state index in [-0.39, 0.29) is 18.2 Å². The largest absolute Gasteiger partial charge is 0.375 e. The predicted octanol–water partition coefficient (Wildman–Crippen LogP) is 5.70. The lowest BCUT2D eigenvalue weighted by Crippen LogP contribution is -2.50. The van der Waals surface area contributed by atoms with Crippen LogP contribution in [0.2, 0.25) is 0 Å². The Morgan fingerprint density at radius 1 is 0.676 bits per heavy atom. The van der Waals surface area contributed by atoms with Gasteiger partial charge in [0.15, 0.2) is 0 Å². The van der Waals surface area contributed by atoms with Crippen molar-refractivity contribution in [2.45, 2.75) is 38.1 Å². The smallest absolute Gasteiger partial charge is 0.105 e. The molecular weight excluding hydrogens is 422 g/mol. The summed E-state index contributed by atoms with van der Waals surface area (Å²) in [7, 11) is 0. The van der Waals surface area contributed by atoms with Crippen molar-refractivity contribution >= 4 is 0 Å². The second-order valence-corrected chi connectivity index (χ2v) is 8.06. The molecule has 0 fully saturated rings. The van der Waals surface area contributed by atoms with Crippen LogP contribution < -0.4 is 5.32 Å². The number of benzene rings is 3. The van der Waals surface area contributed by atoms with Crippen molar-refractivity contribution in [3.05, 3.63) is 133 Å². The first-order valence-corrected chi connectivity index (χ1v) is 11.7. The average Bonchev–Trinajstić information content (AvgIpc) is 2.90. The maximum Gasteiger partial charge on any atom is 0.105 e. The molecule has 0 aliphatic carbocycles. The molecule has 3 aromatic rings. The van der Waals surface area contributed by atoms with Crippen LogP contribution in [0, 0.1) is 0 Å². The number of ether oxygens (including phenoxy) is 3. The van der Waals surface area contributed by atoms with E-state index in [1.807, 2.05) is 66.7 Å². The number of rotatable bonds is 16. The zero-order chi connectivity index (χ0) is 23.8. The van der Waals surface area contributed by atoms with Gasteiger partial charge in [-0.3, -0.25) is 0 Å². The molecule has 0 aromatic heterocycles. The van der Waals surface area contributed by atoms with Gasteiger partial charge in [-0.2, -0.15) is 0 Å². The Hall–Kier alpha value is -3.02. The van der Waals surface area contributed by atoms with Gasteiger partial charge in [0, 0.05) is 6.54 Å². The van der Waals surface area contributed by atoms with Gasteiger partial charge in [0.1, 0.15) is 12.2 Å². The molecule has 3 atom stereocenters. The summed E-state index contributed by atoms with van der Waals surface area (Å²) in [5.41, 5.74) is 3.34. The second-order valence-electron chi connectivity index (χ2n) is 8.06. The fourth-order valence-electron chi connectivity index (χ4n) is 3.65. The molecule has 0 aliphatic heterocycles. The molecule has 34 heavy (non-hydrogen) atoms. The molecule has 3 rings (SSSR count). The monoisotopic (exact) mass is 457 g/mol. The molecule has 1 N–H and O–H groups in total. The fourth-order valence-corrected chi connectivity index (χ4v) is 3.65. The Bertz CT molecular complexity index is 947. The van der Waals surface area contributed by atoms with Crippen LogP contribution in [0.4, 0.5) is 0 Å². The van der Waals surface area contributed by atoms with Crippen LogP contribution in [0.1, 0.15) is 16.7 Å². The predicted molar refractivity (Wildman–Crippen MR) is 138 cm³/mol. The lowest BCUT2D eigenvalue weighted by atomic mass is 10.0. The quantitative estimate of drug-likeness (QED) is 0.280. The molecule has 0 heterocycles. The Morgan fingerprint density at radius 3 is 1.68 bits per heavy atom. The van der Waals surface area contributed by atoms with E-state index in [2.05, 4.69) is 54.9 Å². The first kappa shape index (κ1) is 25.6. The van der Waals surface area contributed by atoms with Gasteiger partial charge >= 0.3 is 0 Å². The zero-order valence-corrected chi connectivity index (χ0v) is 19.7. The lowest BCUT2D eigenvalue weighted by Gasteiger charge is -2.33. The van der Waals surface area contributed by atoms with Crippen molar-refractivity contribution in [3.63, 3.8) is 0 Å². The van der Waals surface area contributed by atoms with E-state index in [1.165, 1.54) is 0 Å². The molecule has 3 aromatic carbocycles. The van der Waals surface area contributed by atoms with Crippen molar-refractivity contribution in [1.29, 1.82) is 0 Å². The van der Waals surface area contributed by atoms with Crippen LogP contribution >= 0.6 is 0 Å². The molecule has 0 amide bonds. The van der Waals surface area contributed by atoms with Crippen molar-refractivity contribution in [1.82, 2.24) is 5.32 Å². The summed E-state index contributed by atoms with van der Waals surface area (Å²) in [6.45, 7) is 10.5. The third-order valence-corrected chi connectivity index (χ3v) is 5.46. The number of hydrogen-bond acceptors (Lipinski definition) is 4. The van der Waals surface area contributed by atoms with Gasteiger partial charge in [0.05, 0.1) is 32.5 Å². The third-order valence-electron chi connectivity index (χ3n) is 5.46. The summed E-state index contributed by atoms with van der Waals surface area (Å²) in [5, 5.41) is 3.51. The van der Waals surface area contributed by atoms with E-state index in [4.69, 9.17) is 14.2 Å². The third kappa shape index (κ3) is 8.73. The molecule has 0 unspecified atom stereocenters. The van der Waals surface area contributed by atoms with Crippen molar-refractivity contribution in [2.75, 3.05) is 13.2 Å². The minimum atomic E-state index is -0.327. The molecule has 0 radical (unpaired) electrons. The first-order valence-electron chi connectivity index (χ1n) is 11.7. The Balaban J connectivity index is 1.72. The minimum absolute atomic E-state index is 0.121. The van der Waals surface area contributed by atoms with E-state index in [1.54, 1.807) is 0 Å². The highest BCUT2D eigenvalue weighted by Gasteiger charge is 2.30. The summed E-state index contributed by atoms with van der Waals surface area (Å²) < 4.78 is 18.9. The van der Waals surface area contributed by atoms with Crippen LogP contribution in [0.15, 0.2) is 116 Å². The molecule has 0 saturated heterocycles. The van der Waals surface area contributed by atoms with Crippen molar-refractivity contribution in [2.24, 2.45) is 0 Å². The summed E-state index contributed by atoms with van der Waals surface area (Å²) in [4.78, 5) is 0. The normalized spacial score (nSPS) is 13.6. The maximum atomic E-state index is 6.46. The standard InChI is InChI=1S/C30H35NO3/c1-3-20-31-28(24-32-21-25-14-8-5-9-15-25)30(34-23-27-18-12-7-13-19-27)29(4-2)33-22-26-16-10-6-11-17-26/h3-19,28-31H,1-2,20-24H2/t28-,29-,30-/m1/s1. The average molecular weight is 458 g/mol. The second kappa shape index (κ2) is 15.0. The van der Waals surface area contributed by atoms with Gasteiger partial charge in [0.2, 0.25) is 0 Å². The highest BCUT2D eigenvalue weighted by Crippen LogP contribution is 2.17. The summed E-state index contributed by atoms with van der Waals surface area (Å²) in [6.07, 6.45) is 3.02. The molecule has 0 bridgehead atoms. The topological polar surface area (TPSA) is 39.7 Å². The van der Waals surface area contributed by atoms with Crippen molar-refractivity contribution < 1.29 is 14.2 Å². The highest BCUT2D eigenvalue weighted by molar-refractivity contribution is 5.15. The van der Waals surface area contributed by atoms with Gasteiger partial charge in [-0.1, -0.05) is 103 Å². The minimum Gasteiger partial charge on any atom is -0.375 e. The Kier molecular flexibility index (Phi) is 11.3. The molecule has 0 spiro atoms. The van der Waals surface area contributed by atoms with Crippen LogP contribution in [-0.2, 0) is 34.0 Å². The van der Waals surface area contributed by atoms with E-state index in [9.17, 15) is 0 Å². The van der Waals surface area contributed by atoms with Crippen LogP contribution in [0.5, 0.6) is 0 Å². The van der Waals surface area contributed by atoms with Crippen LogP contribution in [-0.4, -0.2) is 31.4 Å². The number of hydrogen-bond donors (Lipinski definition) is 1. The van der Waals surface area contributed by atoms with E-state index < -0.39 is 0 Å². The van der Waals surface area contributed by atoms with Gasteiger partial charge < -0.3 is 19.5 Å². The molecule has 0 aliphatic rings. The molecule has 0 saturated carbocycles. The van der Waals surface area contributed by atoms with Crippen LogP contribution in [0.25, 0.3) is 0 Å². The van der Waals surface area contributed by atoms with Gasteiger partial charge in [-0.25, -0.2) is 0 Å². The molecule has 178 valence electrons. The van der Waals surface area contributed by atoms with Gasteiger partial charge in [0.25, 0.3) is 0 Å². The van der Waals surface area contributed by atoms with E-state index >= 15 is 0 Å². The highest BCUT2D eigenvalue weighted by atomic mass is 16.5. The molecule has 4 nitrogen and oxygen atoms in total. The molecular formula is C30H35NO3. The summed E-state index contributed by atoms with van der Waals surface area (Å²) >= 11 is 0. The molecule has 4 heteroatoms. The Labute approximate surface area is 203 Å². The van der Waals surface area contributed by atoms with Gasteiger partial charge in [-0.15, -0.1) is 13.2 Å². The number of nitrogens with one attached hydrogen (secondary N) is 1. The first-order chi connectivity index (χ1) is 16.8. The lowest BCUT2D eigenvalue weighted by molar-refractivity contribution is -0.0919.